The molecule has 0 aliphatic carbocycles. The molecule has 1 fully saturated rings. The van der Waals surface area contributed by atoms with Crippen molar-refractivity contribution in [2.45, 2.75) is 64.7 Å². The van der Waals surface area contributed by atoms with Gasteiger partial charge in [-0.2, -0.15) is 0 Å². The lowest BCUT2D eigenvalue weighted by molar-refractivity contribution is -0.153. The summed E-state index contributed by atoms with van der Waals surface area (Å²) in [6.07, 6.45) is 0.207. The maximum atomic E-state index is 15.3. The molecule has 43 heavy (non-hydrogen) atoms. The van der Waals surface area contributed by atoms with Gasteiger partial charge < -0.3 is 33.9 Å². The van der Waals surface area contributed by atoms with Crippen LogP contribution in [-0.2, 0) is 21.5 Å². The second-order valence-corrected chi connectivity index (χ2v) is 11.7. The zero-order valence-electron chi connectivity index (χ0n) is 25.7. The number of carbonyl (C=O) groups excluding carboxylic acids is 1. The maximum Gasteiger partial charge on any atom is 0.332 e. The van der Waals surface area contributed by atoms with Crippen molar-refractivity contribution in [1.82, 2.24) is 4.90 Å². The number of piperidine rings is 1. The Labute approximate surface area is 262 Å². The third kappa shape index (κ3) is 6.90. The predicted molar refractivity (Wildman–Crippen MR) is 167 cm³/mol. The van der Waals surface area contributed by atoms with E-state index < -0.39 is 17.9 Å². The van der Waals surface area contributed by atoms with Gasteiger partial charge in [0, 0.05) is 30.8 Å². The molecule has 0 spiro atoms. The standard InChI is InChI=1S/C31H40FN3O7.BrH/c1-17(30(37)38)42-20-8-10-34(11-9-20)22-13-18(12-21(27(22)40-6)31(2,3)4)23(36)16-35-15-19-14-24(39-5)28(41-7)26(32)25(19)29(35)33;/h12-14,17,20,33H,8-11,15-16H2,1-7H3,(H,37,38);1H. The highest BCUT2D eigenvalue weighted by Crippen LogP contribution is 2.42. The van der Waals surface area contributed by atoms with Crippen molar-refractivity contribution in [3.63, 3.8) is 0 Å². The highest BCUT2D eigenvalue weighted by molar-refractivity contribution is 8.93. The van der Waals surface area contributed by atoms with Crippen LogP contribution in [0, 0.1) is 11.2 Å². The first-order chi connectivity index (χ1) is 19.8. The summed E-state index contributed by atoms with van der Waals surface area (Å²) in [5.74, 6) is -1.13. The first-order valence-electron chi connectivity index (χ1n) is 14.0. The van der Waals surface area contributed by atoms with Crippen molar-refractivity contribution in [3.8, 4) is 17.2 Å². The molecule has 2 N–H and O–H groups in total. The molecule has 0 amide bonds. The molecule has 4 rings (SSSR count). The number of carboxylic acid groups (broad SMARTS) is 1. The number of anilines is 1. The number of rotatable bonds is 10. The molecule has 2 aliphatic heterocycles. The minimum absolute atomic E-state index is 0. The summed E-state index contributed by atoms with van der Waals surface area (Å²) in [6.45, 7) is 8.95. The zero-order valence-corrected chi connectivity index (χ0v) is 27.4. The molecule has 236 valence electrons. The molecular formula is C31H41BrFN3O7. The summed E-state index contributed by atoms with van der Waals surface area (Å²) in [5.41, 5.74) is 2.42. The Bertz CT molecular complexity index is 1390. The van der Waals surface area contributed by atoms with Gasteiger partial charge in [0.2, 0.25) is 0 Å². The van der Waals surface area contributed by atoms with E-state index in [0.717, 1.165) is 11.3 Å². The molecule has 0 aromatic heterocycles. The van der Waals surface area contributed by atoms with Crippen LogP contribution in [-0.4, -0.2) is 80.8 Å². The van der Waals surface area contributed by atoms with Gasteiger partial charge in [-0.3, -0.25) is 10.2 Å². The zero-order chi connectivity index (χ0) is 30.9. The van der Waals surface area contributed by atoms with E-state index in [2.05, 4.69) is 4.90 Å². The quantitative estimate of drug-likeness (QED) is 0.330. The van der Waals surface area contributed by atoms with Crippen molar-refractivity contribution < 1.29 is 38.0 Å². The van der Waals surface area contributed by atoms with Gasteiger partial charge in [0.1, 0.15) is 11.6 Å². The number of hydrogen-bond acceptors (Lipinski definition) is 8. The molecular weight excluding hydrogens is 625 g/mol. The number of ether oxygens (including phenoxy) is 4. The second kappa shape index (κ2) is 13.5. The van der Waals surface area contributed by atoms with Crippen molar-refractivity contribution >= 4 is 40.3 Å². The molecule has 0 radical (unpaired) electrons. The van der Waals surface area contributed by atoms with Gasteiger partial charge in [-0.15, -0.1) is 17.0 Å². The van der Waals surface area contributed by atoms with Crippen LogP contribution in [0.25, 0.3) is 0 Å². The van der Waals surface area contributed by atoms with Crippen LogP contribution in [0.2, 0.25) is 0 Å². The fraction of sp³-hybridized carbons (Fsp3) is 0.516. The molecule has 0 bridgehead atoms. The van der Waals surface area contributed by atoms with Gasteiger partial charge in [0.25, 0.3) is 0 Å². The van der Waals surface area contributed by atoms with Gasteiger partial charge in [0.15, 0.2) is 29.2 Å². The molecule has 2 aromatic rings. The van der Waals surface area contributed by atoms with Crippen LogP contribution in [0.3, 0.4) is 0 Å². The fourth-order valence-corrected chi connectivity index (χ4v) is 5.58. The van der Waals surface area contributed by atoms with E-state index in [1.165, 1.54) is 21.1 Å². The minimum Gasteiger partial charge on any atom is -0.494 e. The summed E-state index contributed by atoms with van der Waals surface area (Å²) < 4.78 is 37.3. The second-order valence-electron chi connectivity index (χ2n) is 11.7. The molecule has 1 saturated heterocycles. The van der Waals surface area contributed by atoms with E-state index in [4.69, 9.17) is 24.4 Å². The summed E-state index contributed by atoms with van der Waals surface area (Å²) >= 11 is 0. The third-order valence-electron chi connectivity index (χ3n) is 7.87. The van der Waals surface area contributed by atoms with E-state index in [0.29, 0.717) is 42.8 Å². The topological polar surface area (TPSA) is 122 Å². The normalized spacial score (nSPS) is 16.0. The SMILES string of the molecule is Br.COc1cc2c(c(F)c1OC)C(=N)N(CC(=O)c1cc(N3CCC(OC(C)C(=O)O)CC3)c(OC)c(C(C)(C)C)c1)C2. The smallest absolute Gasteiger partial charge is 0.332 e. The lowest BCUT2D eigenvalue weighted by Crippen LogP contribution is -2.39. The van der Waals surface area contributed by atoms with Crippen LogP contribution in [0.1, 0.15) is 67.6 Å². The number of Topliss-reactive ketones (excluding diaryl/α,β-unsaturated/α-hetero) is 1. The van der Waals surface area contributed by atoms with Crippen LogP contribution in [0.15, 0.2) is 18.2 Å². The van der Waals surface area contributed by atoms with Gasteiger partial charge in [-0.25, -0.2) is 9.18 Å². The van der Waals surface area contributed by atoms with Gasteiger partial charge >= 0.3 is 5.97 Å². The average molecular weight is 667 g/mol. The average Bonchev–Trinajstić information content (AvgIpc) is 3.26. The molecule has 12 heteroatoms. The minimum atomic E-state index is -0.990. The maximum absolute atomic E-state index is 15.3. The number of ketones is 1. The Balaban J connectivity index is 0.00000506. The Hall–Kier alpha value is -3.38. The fourth-order valence-electron chi connectivity index (χ4n) is 5.58. The van der Waals surface area contributed by atoms with Crippen molar-refractivity contribution in [3.05, 3.63) is 46.3 Å². The summed E-state index contributed by atoms with van der Waals surface area (Å²) in [4.78, 5) is 28.7. The largest absolute Gasteiger partial charge is 0.494 e. The monoisotopic (exact) mass is 665 g/mol. The molecule has 2 aliphatic rings. The number of nitrogens with one attached hydrogen (secondary N) is 1. The molecule has 2 aromatic carbocycles. The van der Waals surface area contributed by atoms with Crippen LogP contribution < -0.4 is 19.1 Å². The van der Waals surface area contributed by atoms with Crippen LogP contribution >= 0.6 is 17.0 Å². The number of halogens is 2. The van der Waals surface area contributed by atoms with E-state index in [-0.39, 0.29) is 70.3 Å². The molecule has 1 atom stereocenters. The molecule has 10 nitrogen and oxygen atoms in total. The first kappa shape index (κ1) is 34.1. The Morgan fingerprint density at radius 1 is 1.07 bits per heavy atom. The van der Waals surface area contributed by atoms with Crippen molar-refractivity contribution in [1.29, 1.82) is 5.41 Å². The summed E-state index contributed by atoms with van der Waals surface area (Å²) in [7, 11) is 4.37. The van der Waals surface area contributed by atoms with Crippen molar-refractivity contribution in [2.75, 3.05) is 45.9 Å². The molecule has 1 unspecified atom stereocenters. The number of fused-ring (bicyclic) bond motifs is 1. The number of benzene rings is 2. The molecule has 2 heterocycles. The highest BCUT2D eigenvalue weighted by Gasteiger charge is 2.34. The van der Waals surface area contributed by atoms with E-state index in [9.17, 15) is 14.7 Å². The number of amidine groups is 1. The van der Waals surface area contributed by atoms with E-state index in [1.54, 1.807) is 18.1 Å². The third-order valence-corrected chi connectivity index (χ3v) is 7.87. The van der Waals surface area contributed by atoms with Gasteiger partial charge in [-0.1, -0.05) is 20.8 Å². The first-order valence-corrected chi connectivity index (χ1v) is 14.0. The number of carboxylic acids is 1. The number of hydrogen-bond donors (Lipinski definition) is 2. The van der Waals surface area contributed by atoms with Gasteiger partial charge in [0.05, 0.1) is 45.2 Å². The van der Waals surface area contributed by atoms with Gasteiger partial charge in [-0.05, 0) is 48.9 Å². The number of aliphatic carboxylic acids is 1. The summed E-state index contributed by atoms with van der Waals surface area (Å²) in [5, 5.41) is 17.8. The number of carbonyl (C=O) groups is 2. The van der Waals surface area contributed by atoms with E-state index >= 15 is 4.39 Å². The Morgan fingerprint density at radius 2 is 1.70 bits per heavy atom. The number of methoxy groups -OCH3 is 3. The lowest BCUT2D eigenvalue weighted by atomic mass is 9.84. The van der Waals surface area contributed by atoms with Crippen LogP contribution in [0.5, 0.6) is 17.2 Å². The lowest BCUT2D eigenvalue weighted by Gasteiger charge is -2.36. The number of nitrogens with zero attached hydrogens (tertiary/aromatic N) is 2. The van der Waals surface area contributed by atoms with Crippen molar-refractivity contribution in [2.24, 2.45) is 0 Å². The predicted octanol–water partition coefficient (Wildman–Crippen LogP) is 5.21. The highest BCUT2D eigenvalue weighted by atomic mass is 79.9. The molecule has 0 saturated carbocycles. The van der Waals surface area contributed by atoms with Crippen LogP contribution in [0.4, 0.5) is 10.1 Å². The van der Waals surface area contributed by atoms with E-state index in [1.807, 2.05) is 32.9 Å². The Kier molecular flexibility index (Phi) is 10.7. The summed E-state index contributed by atoms with van der Waals surface area (Å²) in [6, 6.07) is 5.30. The Morgan fingerprint density at radius 3 is 2.23 bits per heavy atom.